The number of amides is 2. The molecule has 1 aliphatic rings. The molecule has 2 heterocycles. The fraction of sp³-hybridized carbons (Fsp3) is 0.500. The van der Waals surface area contributed by atoms with Crippen LogP contribution in [0.5, 0.6) is 0 Å². The second kappa shape index (κ2) is 9.04. The van der Waals surface area contributed by atoms with E-state index in [1.807, 2.05) is 47.2 Å². The van der Waals surface area contributed by atoms with Gasteiger partial charge in [-0.25, -0.2) is 0 Å². The van der Waals surface area contributed by atoms with Crippen LogP contribution < -0.4 is 0 Å². The number of piperidine rings is 1. The number of carbonyl (C=O) groups is 2. The molecule has 6 nitrogen and oxygen atoms in total. The maximum atomic E-state index is 13.2. The number of likely N-dealkylation sites (tertiary alicyclic amines) is 1. The third-order valence-corrected chi connectivity index (χ3v) is 5.48. The van der Waals surface area contributed by atoms with Gasteiger partial charge < -0.3 is 14.3 Å². The summed E-state index contributed by atoms with van der Waals surface area (Å²) in [5.41, 5.74) is 1.97. The van der Waals surface area contributed by atoms with Gasteiger partial charge in [-0.3, -0.25) is 9.59 Å². The summed E-state index contributed by atoms with van der Waals surface area (Å²) in [6.07, 6.45) is 3.50. The van der Waals surface area contributed by atoms with E-state index in [1.54, 1.807) is 6.92 Å². The van der Waals surface area contributed by atoms with Crippen LogP contribution in [0.3, 0.4) is 0 Å². The van der Waals surface area contributed by atoms with Crippen molar-refractivity contribution < 1.29 is 14.1 Å². The number of aromatic nitrogens is 1. The number of hydrogen-bond acceptors (Lipinski definition) is 4. The Balaban J connectivity index is 1.67. The average Bonchev–Trinajstić information content (AvgIpc) is 3.13. The van der Waals surface area contributed by atoms with Crippen molar-refractivity contribution >= 4 is 11.8 Å². The molecule has 0 N–H and O–H groups in total. The Hall–Kier alpha value is -2.63. The first-order valence-electron chi connectivity index (χ1n) is 10.1. The Labute approximate surface area is 166 Å². The molecule has 0 saturated carbocycles. The molecule has 6 heteroatoms. The first kappa shape index (κ1) is 20.1. The Bertz CT molecular complexity index is 808. The first-order chi connectivity index (χ1) is 13.5. The number of aryl methyl sites for hydroxylation is 1. The first-order valence-corrected chi connectivity index (χ1v) is 10.1. The molecule has 1 aromatic heterocycles. The van der Waals surface area contributed by atoms with Crippen LogP contribution in [-0.2, 0) is 4.79 Å². The average molecular weight is 383 g/mol. The van der Waals surface area contributed by atoms with Crippen LogP contribution >= 0.6 is 0 Å². The van der Waals surface area contributed by atoms with Gasteiger partial charge in [0.05, 0.1) is 0 Å². The number of carbonyl (C=O) groups excluding carboxylic acids is 2. The predicted molar refractivity (Wildman–Crippen MR) is 108 cm³/mol. The molecular formula is C22H29N3O3. The molecule has 28 heavy (non-hydrogen) atoms. The maximum Gasteiger partial charge on any atom is 0.259 e. The van der Waals surface area contributed by atoms with Gasteiger partial charge in [0.1, 0.15) is 17.0 Å². The van der Waals surface area contributed by atoms with Crippen LogP contribution in [0.2, 0.25) is 0 Å². The molecule has 1 saturated heterocycles. The fourth-order valence-corrected chi connectivity index (χ4v) is 3.72. The second-order valence-corrected chi connectivity index (χ2v) is 7.51. The number of benzene rings is 1. The zero-order valence-corrected chi connectivity index (χ0v) is 17.0. The van der Waals surface area contributed by atoms with Gasteiger partial charge in [0.15, 0.2) is 0 Å². The summed E-state index contributed by atoms with van der Waals surface area (Å²) in [6, 6.07) is 9.60. The highest BCUT2D eigenvalue weighted by atomic mass is 16.5. The van der Waals surface area contributed by atoms with Crippen molar-refractivity contribution in [3.05, 3.63) is 41.7 Å². The number of hydrogen-bond donors (Lipinski definition) is 0. The van der Waals surface area contributed by atoms with Crippen LogP contribution in [0.1, 0.15) is 48.7 Å². The molecule has 3 rings (SSSR count). The Morgan fingerprint density at radius 3 is 2.54 bits per heavy atom. The number of rotatable bonds is 6. The molecule has 1 fully saturated rings. The molecule has 1 aliphatic heterocycles. The van der Waals surface area contributed by atoms with Gasteiger partial charge in [0.2, 0.25) is 5.91 Å². The molecule has 0 aliphatic carbocycles. The van der Waals surface area contributed by atoms with Gasteiger partial charge in [-0.15, -0.1) is 0 Å². The molecular weight excluding hydrogens is 354 g/mol. The smallest absolute Gasteiger partial charge is 0.259 e. The van der Waals surface area contributed by atoms with Crippen molar-refractivity contribution in [2.24, 2.45) is 5.92 Å². The van der Waals surface area contributed by atoms with Crippen LogP contribution in [0.15, 0.2) is 34.9 Å². The predicted octanol–water partition coefficient (Wildman–Crippen LogP) is 3.76. The lowest BCUT2D eigenvalue weighted by Gasteiger charge is -2.33. The third kappa shape index (κ3) is 4.26. The molecule has 2 amide bonds. The van der Waals surface area contributed by atoms with E-state index in [4.69, 9.17) is 4.52 Å². The number of nitrogens with zero attached hydrogens (tertiary/aromatic N) is 3. The fourth-order valence-electron chi connectivity index (χ4n) is 3.72. The SMILES string of the molecule is CCCCN(C)C(=O)C1CCN(C(=O)c2c(-c3ccccc3)noc2C)CC1. The molecule has 0 spiro atoms. The van der Waals surface area contributed by atoms with Gasteiger partial charge >= 0.3 is 0 Å². The summed E-state index contributed by atoms with van der Waals surface area (Å²) < 4.78 is 5.33. The van der Waals surface area contributed by atoms with Crippen molar-refractivity contribution in [1.29, 1.82) is 0 Å². The van der Waals surface area contributed by atoms with Crippen molar-refractivity contribution in [2.75, 3.05) is 26.7 Å². The zero-order chi connectivity index (χ0) is 20.1. The van der Waals surface area contributed by atoms with E-state index in [1.165, 1.54) is 0 Å². The lowest BCUT2D eigenvalue weighted by molar-refractivity contribution is -0.135. The van der Waals surface area contributed by atoms with Crippen LogP contribution in [0.4, 0.5) is 0 Å². The zero-order valence-electron chi connectivity index (χ0n) is 17.0. The summed E-state index contributed by atoms with van der Waals surface area (Å²) in [5, 5.41) is 4.11. The van der Waals surface area contributed by atoms with Crippen LogP contribution in [-0.4, -0.2) is 53.5 Å². The summed E-state index contributed by atoms with van der Waals surface area (Å²) >= 11 is 0. The second-order valence-electron chi connectivity index (χ2n) is 7.51. The van der Waals surface area contributed by atoms with E-state index < -0.39 is 0 Å². The normalized spacial score (nSPS) is 14.9. The third-order valence-electron chi connectivity index (χ3n) is 5.48. The topological polar surface area (TPSA) is 66.7 Å². The highest BCUT2D eigenvalue weighted by Gasteiger charge is 2.32. The summed E-state index contributed by atoms with van der Waals surface area (Å²) in [6.45, 7) is 5.85. The van der Waals surface area contributed by atoms with Crippen molar-refractivity contribution in [3.63, 3.8) is 0 Å². The molecule has 0 unspecified atom stereocenters. The molecule has 2 aromatic rings. The van der Waals surface area contributed by atoms with E-state index in [0.29, 0.717) is 42.9 Å². The van der Waals surface area contributed by atoms with E-state index in [2.05, 4.69) is 12.1 Å². The molecule has 0 bridgehead atoms. The molecule has 0 atom stereocenters. The van der Waals surface area contributed by atoms with Crippen molar-refractivity contribution in [3.8, 4) is 11.3 Å². The van der Waals surface area contributed by atoms with Gasteiger partial charge in [-0.2, -0.15) is 0 Å². The Morgan fingerprint density at radius 1 is 1.21 bits per heavy atom. The lowest BCUT2D eigenvalue weighted by atomic mass is 9.94. The highest BCUT2D eigenvalue weighted by molar-refractivity contribution is 6.00. The van der Waals surface area contributed by atoms with Gasteiger partial charge in [-0.1, -0.05) is 48.8 Å². The van der Waals surface area contributed by atoms with Crippen LogP contribution in [0.25, 0.3) is 11.3 Å². The number of unbranched alkanes of at least 4 members (excludes halogenated alkanes) is 1. The van der Waals surface area contributed by atoms with Gasteiger partial charge in [-0.05, 0) is 26.2 Å². The van der Waals surface area contributed by atoms with Crippen LogP contribution in [0, 0.1) is 12.8 Å². The summed E-state index contributed by atoms with van der Waals surface area (Å²) in [7, 11) is 1.88. The standard InChI is InChI=1S/C22H29N3O3/c1-4-5-13-24(3)21(26)18-11-14-25(15-12-18)22(27)19-16(2)28-23-20(19)17-9-7-6-8-10-17/h6-10,18H,4-5,11-15H2,1-3H3. The van der Waals surface area contributed by atoms with E-state index >= 15 is 0 Å². The summed E-state index contributed by atoms with van der Waals surface area (Å²) in [4.78, 5) is 29.4. The monoisotopic (exact) mass is 383 g/mol. The summed E-state index contributed by atoms with van der Waals surface area (Å²) in [5.74, 6) is 0.666. The minimum Gasteiger partial charge on any atom is -0.360 e. The van der Waals surface area contributed by atoms with E-state index in [0.717, 1.165) is 24.9 Å². The largest absolute Gasteiger partial charge is 0.360 e. The minimum absolute atomic E-state index is 0.00284. The van der Waals surface area contributed by atoms with Gasteiger partial charge in [0, 0.05) is 38.2 Å². The maximum absolute atomic E-state index is 13.2. The Morgan fingerprint density at radius 2 is 1.89 bits per heavy atom. The molecule has 150 valence electrons. The van der Waals surface area contributed by atoms with E-state index in [-0.39, 0.29) is 17.7 Å². The van der Waals surface area contributed by atoms with Crippen molar-refractivity contribution in [2.45, 2.75) is 39.5 Å². The highest BCUT2D eigenvalue weighted by Crippen LogP contribution is 2.28. The van der Waals surface area contributed by atoms with Gasteiger partial charge in [0.25, 0.3) is 5.91 Å². The lowest BCUT2D eigenvalue weighted by Crippen LogP contribution is -2.43. The minimum atomic E-state index is -0.0668. The van der Waals surface area contributed by atoms with Crippen molar-refractivity contribution in [1.82, 2.24) is 15.0 Å². The molecule has 1 aromatic carbocycles. The quantitative estimate of drug-likeness (QED) is 0.762. The Kier molecular flexibility index (Phi) is 6.49. The van der Waals surface area contributed by atoms with E-state index in [9.17, 15) is 9.59 Å². The molecule has 0 radical (unpaired) electrons.